The summed E-state index contributed by atoms with van der Waals surface area (Å²) in [5, 5.41) is 0. The Morgan fingerprint density at radius 3 is 1.86 bits per heavy atom. The van der Waals surface area contributed by atoms with Crippen molar-refractivity contribution >= 4 is 23.5 Å². The van der Waals surface area contributed by atoms with Crippen LogP contribution < -0.4 is 0 Å². The number of hydrogen-bond donors (Lipinski definition) is 2. The summed E-state index contributed by atoms with van der Waals surface area (Å²) in [6, 6.07) is 12.1. The SMILES string of the molecule is C[C@H]1C[C@@H](c2ncc(C#Cc3ccc(-c4ccc(-c5cnc([C@@H]6C[C@H](C)CN6C(=O)OC(C)(C)C)[nH]5)s4)cc3)[nH]2)N(C(=O)OC(C)(C)C)C1. The Morgan fingerprint density at radius 2 is 1.29 bits per heavy atom. The number of hydrogen-bond acceptors (Lipinski definition) is 7. The summed E-state index contributed by atoms with van der Waals surface area (Å²) in [4.78, 5) is 47.6. The molecule has 0 radical (unpaired) electrons. The van der Waals surface area contributed by atoms with E-state index >= 15 is 0 Å². The number of likely N-dealkylation sites (tertiary alicyclic amines) is 2. The Kier molecular flexibility index (Phi) is 9.38. The molecule has 49 heavy (non-hydrogen) atoms. The molecule has 2 N–H and O–H groups in total. The second-order valence-corrected chi connectivity index (χ2v) is 16.4. The van der Waals surface area contributed by atoms with E-state index in [2.05, 4.69) is 69.9 Å². The third-order valence-corrected chi connectivity index (χ3v) is 9.65. The van der Waals surface area contributed by atoms with Gasteiger partial charge in [0.15, 0.2) is 0 Å². The van der Waals surface area contributed by atoms with Gasteiger partial charge in [0.25, 0.3) is 0 Å². The van der Waals surface area contributed by atoms with Gasteiger partial charge < -0.3 is 19.4 Å². The number of imidazole rings is 2. The number of carbonyl (C=O) groups excluding carboxylic acids is 2. The molecule has 10 nitrogen and oxygen atoms in total. The largest absolute Gasteiger partial charge is 0.444 e. The van der Waals surface area contributed by atoms with Crippen molar-refractivity contribution in [2.75, 3.05) is 13.1 Å². The van der Waals surface area contributed by atoms with Gasteiger partial charge in [-0.05, 0) is 102 Å². The summed E-state index contributed by atoms with van der Waals surface area (Å²) in [5.74, 6) is 8.64. The van der Waals surface area contributed by atoms with E-state index in [1.807, 2.05) is 59.9 Å². The van der Waals surface area contributed by atoms with E-state index in [0.717, 1.165) is 51.1 Å². The normalized spacial score (nSPS) is 21.1. The highest BCUT2D eigenvalue weighted by molar-refractivity contribution is 7.18. The van der Waals surface area contributed by atoms with Crippen LogP contribution in [0.5, 0.6) is 0 Å². The van der Waals surface area contributed by atoms with E-state index < -0.39 is 11.2 Å². The molecule has 0 bridgehead atoms. The van der Waals surface area contributed by atoms with Crippen molar-refractivity contribution in [3.05, 3.63) is 71.7 Å². The molecule has 0 unspecified atom stereocenters. The first-order valence-corrected chi connectivity index (χ1v) is 17.8. The van der Waals surface area contributed by atoms with Crippen LogP contribution in [0.3, 0.4) is 0 Å². The lowest BCUT2D eigenvalue weighted by Gasteiger charge is -2.27. The standard InChI is InChI=1S/C38H46N6O4S/c1-23-17-29(43(21-23)35(45)47-37(3,4)5)33-39-19-27(41-33)14-11-25-9-12-26(13-10-25)31-15-16-32(49-31)28-20-40-34(42-28)30-18-24(2)22-44(30)36(46)48-38(6,7)8/h9-10,12-13,15-16,19-20,23-24,29-30H,17-18,21-22H2,1-8H3,(H,39,41)(H,40,42)/t23-,24-,29-,30-/m0/s1. The van der Waals surface area contributed by atoms with Crippen LogP contribution in [0.2, 0.25) is 0 Å². The van der Waals surface area contributed by atoms with Crippen LogP contribution in [0, 0.1) is 23.7 Å². The number of nitrogens with one attached hydrogen (secondary N) is 2. The van der Waals surface area contributed by atoms with Crippen molar-refractivity contribution in [3.8, 4) is 32.9 Å². The van der Waals surface area contributed by atoms with Crippen molar-refractivity contribution in [2.45, 2.75) is 91.5 Å². The van der Waals surface area contributed by atoms with Crippen LogP contribution >= 0.6 is 11.3 Å². The first-order valence-electron chi connectivity index (χ1n) is 16.9. The number of rotatable bonds is 4. The number of ether oxygens (including phenoxy) is 2. The van der Waals surface area contributed by atoms with Gasteiger partial charge >= 0.3 is 12.2 Å². The molecule has 2 fully saturated rings. The average molecular weight is 683 g/mol. The highest BCUT2D eigenvalue weighted by Crippen LogP contribution is 2.38. The molecule has 4 aromatic rings. The number of benzene rings is 1. The Morgan fingerprint density at radius 1 is 0.755 bits per heavy atom. The minimum atomic E-state index is -0.555. The zero-order valence-electron chi connectivity index (χ0n) is 29.6. The Balaban J connectivity index is 1.10. The second kappa shape index (κ2) is 13.4. The van der Waals surface area contributed by atoms with Gasteiger partial charge in [-0.15, -0.1) is 11.3 Å². The lowest BCUT2D eigenvalue weighted by Crippen LogP contribution is -2.37. The second-order valence-electron chi connectivity index (χ2n) is 15.3. The molecule has 11 heteroatoms. The fourth-order valence-corrected chi connectivity index (χ4v) is 7.33. The number of aromatic nitrogens is 4. The first kappa shape index (κ1) is 34.3. The lowest BCUT2D eigenvalue weighted by molar-refractivity contribution is 0.0204. The van der Waals surface area contributed by atoms with Gasteiger partial charge in [-0.2, -0.15) is 0 Å². The number of nitrogens with zero attached hydrogens (tertiary/aromatic N) is 4. The predicted molar refractivity (Wildman–Crippen MR) is 191 cm³/mol. The molecule has 2 saturated heterocycles. The van der Waals surface area contributed by atoms with Gasteiger partial charge in [0, 0.05) is 23.5 Å². The Bertz CT molecular complexity index is 1870. The fraction of sp³-hybridized carbons (Fsp3) is 0.474. The van der Waals surface area contributed by atoms with Crippen LogP contribution in [0.4, 0.5) is 9.59 Å². The van der Waals surface area contributed by atoms with Crippen LogP contribution in [0.25, 0.3) is 21.0 Å². The molecule has 6 rings (SSSR count). The number of aromatic amines is 2. The van der Waals surface area contributed by atoms with Crippen molar-refractivity contribution in [1.82, 2.24) is 29.7 Å². The number of thiophene rings is 1. The minimum Gasteiger partial charge on any atom is -0.444 e. The zero-order valence-corrected chi connectivity index (χ0v) is 30.4. The smallest absolute Gasteiger partial charge is 0.410 e. The Hall–Kier alpha value is -4.56. The van der Waals surface area contributed by atoms with Gasteiger partial charge in [-0.1, -0.05) is 31.9 Å². The van der Waals surface area contributed by atoms with E-state index in [-0.39, 0.29) is 24.3 Å². The maximum absolute atomic E-state index is 12.9. The molecule has 5 heterocycles. The van der Waals surface area contributed by atoms with E-state index in [9.17, 15) is 9.59 Å². The highest BCUT2D eigenvalue weighted by atomic mass is 32.1. The molecule has 0 aliphatic carbocycles. The molecule has 0 spiro atoms. The maximum atomic E-state index is 12.9. The third-order valence-electron chi connectivity index (χ3n) is 8.48. The van der Waals surface area contributed by atoms with Gasteiger partial charge in [-0.3, -0.25) is 9.80 Å². The van der Waals surface area contributed by atoms with Crippen LogP contribution in [-0.2, 0) is 9.47 Å². The number of H-pyrrole nitrogens is 2. The van der Waals surface area contributed by atoms with E-state index in [0.29, 0.717) is 30.6 Å². The van der Waals surface area contributed by atoms with Gasteiger partial charge in [0.1, 0.15) is 28.5 Å². The number of amides is 2. The zero-order chi connectivity index (χ0) is 35.1. The quantitative estimate of drug-likeness (QED) is 0.208. The first-order chi connectivity index (χ1) is 23.1. The summed E-state index contributed by atoms with van der Waals surface area (Å²) < 4.78 is 11.3. The van der Waals surface area contributed by atoms with Crippen LogP contribution in [0.1, 0.15) is 103 Å². The maximum Gasteiger partial charge on any atom is 0.410 e. The van der Waals surface area contributed by atoms with E-state index in [1.54, 1.807) is 27.3 Å². The highest BCUT2D eigenvalue weighted by Gasteiger charge is 2.39. The van der Waals surface area contributed by atoms with Gasteiger partial charge in [0.05, 0.1) is 35.0 Å². The van der Waals surface area contributed by atoms with Crippen LogP contribution in [0.15, 0.2) is 48.8 Å². The summed E-state index contributed by atoms with van der Waals surface area (Å²) >= 11 is 1.68. The summed E-state index contributed by atoms with van der Waals surface area (Å²) in [5.41, 5.74) is 2.51. The van der Waals surface area contributed by atoms with Gasteiger partial charge in [0.2, 0.25) is 0 Å². The summed E-state index contributed by atoms with van der Waals surface area (Å²) in [7, 11) is 0. The summed E-state index contributed by atoms with van der Waals surface area (Å²) in [6.07, 6.45) is 4.62. The molecule has 1 aromatic carbocycles. The molecule has 2 aliphatic heterocycles. The third kappa shape index (κ3) is 8.19. The van der Waals surface area contributed by atoms with E-state index in [4.69, 9.17) is 9.47 Å². The minimum absolute atomic E-state index is 0.140. The van der Waals surface area contributed by atoms with E-state index in [1.165, 1.54) is 0 Å². The van der Waals surface area contributed by atoms with Crippen molar-refractivity contribution in [3.63, 3.8) is 0 Å². The molecule has 258 valence electrons. The monoisotopic (exact) mass is 682 g/mol. The van der Waals surface area contributed by atoms with Crippen molar-refractivity contribution in [1.29, 1.82) is 0 Å². The molecule has 4 atom stereocenters. The molecule has 0 saturated carbocycles. The van der Waals surface area contributed by atoms with Crippen molar-refractivity contribution < 1.29 is 19.1 Å². The molecular formula is C38H46N6O4S. The lowest BCUT2D eigenvalue weighted by atomic mass is 10.1. The number of carbonyl (C=O) groups is 2. The summed E-state index contributed by atoms with van der Waals surface area (Å²) in [6.45, 7) is 16.9. The topological polar surface area (TPSA) is 116 Å². The van der Waals surface area contributed by atoms with Gasteiger partial charge in [-0.25, -0.2) is 19.6 Å². The molecule has 2 aliphatic rings. The molecule has 2 amide bonds. The molecular weight excluding hydrogens is 637 g/mol. The Labute approximate surface area is 292 Å². The predicted octanol–water partition coefficient (Wildman–Crippen LogP) is 8.56. The van der Waals surface area contributed by atoms with Crippen molar-refractivity contribution in [2.24, 2.45) is 11.8 Å². The fourth-order valence-electron chi connectivity index (χ4n) is 6.35. The van der Waals surface area contributed by atoms with Crippen LogP contribution in [-0.4, -0.2) is 66.2 Å². The molecule has 3 aromatic heterocycles. The average Bonchev–Trinajstić information content (AvgIpc) is 3.84.